The molecular formula is C22H15ClN4O2. The van der Waals surface area contributed by atoms with Crippen LogP contribution in [0.5, 0.6) is 11.5 Å². The van der Waals surface area contributed by atoms with Crippen LogP contribution in [0.1, 0.15) is 0 Å². The number of rotatable bonds is 3. The van der Waals surface area contributed by atoms with E-state index < -0.39 is 0 Å². The number of aromatic nitrogens is 3. The van der Waals surface area contributed by atoms with E-state index >= 15 is 0 Å². The summed E-state index contributed by atoms with van der Waals surface area (Å²) in [4.78, 5) is 8.21. The van der Waals surface area contributed by atoms with Crippen molar-refractivity contribution in [3.63, 3.8) is 0 Å². The quantitative estimate of drug-likeness (QED) is 0.412. The highest BCUT2D eigenvalue weighted by atomic mass is 35.5. The summed E-state index contributed by atoms with van der Waals surface area (Å²) >= 11 is 6.28. The number of halogens is 1. The predicted molar refractivity (Wildman–Crippen MR) is 113 cm³/mol. The van der Waals surface area contributed by atoms with Crippen molar-refractivity contribution in [2.24, 2.45) is 0 Å². The van der Waals surface area contributed by atoms with Gasteiger partial charge in [-0.3, -0.25) is 4.40 Å². The molecule has 2 aromatic carbocycles. The van der Waals surface area contributed by atoms with Crippen LogP contribution in [0.3, 0.4) is 0 Å². The molecule has 6 rings (SSSR count). The molecule has 29 heavy (non-hydrogen) atoms. The molecule has 4 heterocycles. The number of benzene rings is 2. The number of anilines is 2. The SMILES string of the molecule is Clc1ccc2nc(-c3c[nH]c4ccccc34)c(Nc3ccc4c(c3)OCO4)n2c1. The number of aromatic amines is 1. The lowest BCUT2D eigenvalue weighted by Gasteiger charge is -2.09. The molecule has 0 saturated heterocycles. The minimum atomic E-state index is 0.241. The molecular weight excluding hydrogens is 388 g/mol. The fourth-order valence-electron chi connectivity index (χ4n) is 3.70. The van der Waals surface area contributed by atoms with E-state index in [9.17, 15) is 0 Å². The van der Waals surface area contributed by atoms with Crippen LogP contribution >= 0.6 is 11.6 Å². The van der Waals surface area contributed by atoms with Gasteiger partial charge in [0.25, 0.3) is 0 Å². The van der Waals surface area contributed by atoms with E-state index in [0.29, 0.717) is 5.02 Å². The van der Waals surface area contributed by atoms with Gasteiger partial charge in [-0.1, -0.05) is 29.8 Å². The summed E-state index contributed by atoms with van der Waals surface area (Å²) in [5, 5.41) is 5.24. The van der Waals surface area contributed by atoms with E-state index in [1.807, 2.05) is 59.3 Å². The third-order valence-corrected chi connectivity index (χ3v) is 5.29. The first kappa shape index (κ1) is 16.3. The maximum atomic E-state index is 6.28. The number of hydrogen-bond acceptors (Lipinski definition) is 4. The molecule has 0 saturated carbocycles. The Morgan fingerprint density at radius 1 is 1.03 bits per heavy atom. The Balaban J connectivity index is 1.56. The lowest BCUT2D eigenvalue weighted by Crippen LogP contribution is -1.97. The van der Waals surface area contributed by atoms with Crippen LogP contribution in [-0.4, -0.2) is 21.2 Å². The topological polar surface area (TPSA) is 63.6 Å². The summed E-state index contributed by atoms with van der Waals surface area (Å²) in [5.41, 5.74) is 4.59. The van der Waals surface area contributed by atoms with Gasteiger partial charge in [-0.25, -0.2) is 4.98 Å². The van der Waals surface area contributed by atoms with E-state index in [-0.39, 0.29) is 6.79 Å². The van der Waals surface area contributed by atoms with Crippen LogP contribution in [0, 0.1) is 0 Å². The molecule has 0 radical (unpaired) electrons. The number of H-pyrrole nitrogens is 1. The highest BCUT2D eigenvalue weighted by molar-refractivity contribution is 6.30. The number of hydrogen-bond donors (Lipinski definition) is 2. The van der Waals surface area contributed by atoms with Gasteiger partial charge in [-0.2, -0.15) is 0 Å². The van der Waals surface area contributed by atoms with E-state index in [4.69, 9.17) is 26.1 Å². The Labute approximate surface area is 170 Å². The smallest absolute Gasteiger partial charge is 0.231 e. The summed E-state index contributed by atoms with van der Waals surface area (Å²) < 4.78 is 12.9. The zero-order valence-corrected chi connectivity index (χ0v) is 15.9. The molecule has 0 bridgehead atoms. The van der Waals surface area contributed by atoms with Crippen molar-refractivity contribution >= 4 is 39.7 Å². The molecule has 5 aromatic rings. The molecule has 0 amide bonds. The molecule has 6 nitrogen and oxygen atoms in total. The van der Waals surface area contributed by atoms with E-state index in [1.54, 1.807) is 0 Å². The lowest BCUT2D eigenvalue weighted by atomic mass is 10.1. The Morgan fingerprint density at radius 3 is 2.90 bits per heavy atom. The van der Waals surface area contributed by atoms with Crippen LogP contribution in [-0.2, 0) is 0 Å². The van der Waals surface area contributed by atoms with Crippen molar-refractivity contribution in [1.29, 1.82) is 0 Å². The second kappa shape index (κ2) is 6.18. The molecule has 3 aromatic heterocycles. The molecule has 0 fully saturated rings. The third-order valence-electron chi connectivity index (χ3n) is 5.06. The largest absolute Gasteiger partial charge is 0.454 e. The molecule has 7 heteroatoms. The van der Waals surface area contributed by atoms with Gasteiger partial charge in [0.2, 0.25) is 6.79 Å². The van der Waals surface area contributed by atoms with E-state index in [2.05, 4.69) is 22.4 Å². The van der Waals surface area contributed by atoms with Crippen LogP contribution in [0.15, 0.2) is 67.0 Å². The third kappa shape index (κ3) is 2.61. The Kier molecular flexibility index (Phi) is 3.48. The Hall–Kier alpha value is -3.64. The number of fused-ring (bicyclic) bond motifs is 3. The first-order chi connectivity index (χ1) is 14.3. The summed E-state index contributed by atoms with van der Waals surface area (Å²) in [6.45, 7) is 0.241. The number of ether oxygens (including phenoxy) is 2. The molecule has 1 aliphatic rings. The van der Waals surface area contributed by atoms with Crippen molar-refractivity contribution in [2.75, 3.05) is 12.1 Å². The minimum Gasteiger partial charge on any atom is -0.454 e. The summed E-state index contributed by atoms with van der Waals surface area (Å²) in [7, 11) is 0. The molecule has 0 spiro atoms. The zero-order valence-electron chi connectivity index (χ0n) is 15.1. The number of nitrogens with zero attached hydrogens (tertiary/aromatic N) is 2. The van der Waals surface area contributed by atoms with Crippen molar-refractivity contribution in [1.82, 2.24) is 14.4 Å². The normalized spacial score (nSPS) is 12.7. The predicted octanol–water partition coefficient (Wildman–Crippen LogP) is 5.61. The van der Waals surface area contributed by atoms with Gasteiger partial charge in [0.15, 0.2) is 11.5 Å². The van der Waals surface area contributed by atoms with Crippen molar-refractivity contribution in [2.45, 2.75) is 0 Å². The first-order valence-electron chi connectivity index (χ1n) is 9.17. The Morgan fingerprint density at radius 2 is 1.93 bits per heavy atom. The molecule has 0 aliphatic carbocycles. The molecule has 142 valence electrons. The van der Waals surface area contributed by atoms with Gasteiger partial charge < -0.3 is 19.8 Å². The van der Waals surface area contributed by atoms with Gasteiger partial charge >= 0.3 is 0 Å². The first-order valence-corrected chi connectivity index (χ1v) is 9.55. The van der Waals surface area contributed by atoms with Crippen molar-refractivity contribution in [3.8, 4) is 22.8 Å². The van der Waals surface area contributed by atoms with E-state index in [1.165, 1.54) is 0 Å². The zero-order chi connectivity index (χ0) is 19.4. The summed E-state index contributed by atoms with van der Waals surface area (Å²) in [5.74, 6) is 2.29. The van der Waals surface area contributed by atoms with Gasteiger partial charge in [0.1, 0.15) is 17.2 Å². The number of imidazole rings is 1. The second-order valence-electron chi connectivity index (χ2n) is 6.83. The number of para-hydroxylation sites is 1. The van der Waals surface area contributed by atoms with Gasteiger partial charge in [0, 0.05) is 40.6 Å². The minimum absolute atomic E-state index is 0.241. The average molecular weight is 403 g/mol. The highest BCUT2D eigenvalue weighted by Gasteiger charge is 2.19. The highest BCUT2D eigenvalue weighted by Crippen LogP contribution is 2.39. The van der Waals surface area contributed by atoms with Gasteiger partial charge in [-0.05, 0) is 30.3 Å². The fourth-order valence-corrected chi connectivity index (χ4v) is 3.87. The van der Waals surface area contributed by atoms with Crippen LogP contribution in [0.2, 0.25) is 5.02 Å². The number of nitrogens with one attached hydrogen (secondary N) is 2. The molecule has 0 atom stereocenters. The maximum absolute atomic E-state index is 6.28. The standard InChI is InChI=1S/C22H15ClN4O2/c23-13-5-8-20-26-21(16-10-24-17-4-2-1-3-15(16)17)22(27(20)11-13)25-14-6-7-18-19(9-14)29-12-28-18/h1-11,24-25H,12H2. The van der Waals surface area contributed by atoms with Crippen LogP contribution < -0.4 is 14.8 Å². The van der Waals surface area contributed by atoms with Gasteiger partial charge in [-0.15, -0.1) is 0 Å². The summed E-state index contributed by atoms with van der Waals surface area (Å²) in [6, 6.07) is 17.7. The second-order valence-corrected chi connectivity index (χ2v) is 7.26. The molecule has 1 aliphatic heterocycles. The monoisotopic (exact) mass is 402 g/mol. The fraction of sp³-hybridized carbons (Fsp3) is 0.0455. The maximum Gasteiger partial charge on any atom is 0.231 e. The van der Waals surface area contributed by atoms with Crippen LogP contribution in [0.25, 0.3) is 27.8 Å². The summed E-state index contributed by atoms with van der Waals surface area (Å²) in [6.07, 6.45) is 3.84. The average Bonchev–Trinajstić information content (AvgIpc) is 3.45. The van der Waals surface area contributed by atoms with E-state index in [0.717, 1.165) is 50.8 Å². The Bertz CT molecular complexity index is 1390. The molecule has 0 unspecified atom stereocenters. The van der Waals surface area contributed by atoms with Gasteiger partial charge in [0.05, 0.1) is 5.02 Å². The lowest BCUT2D eigenvalue weighted by molar-refractivity contribution is 0.174. The number of pyridine rings is 1. The van der Waals surface area contributed by atoms with Crippen molar-refractivity contribution in [3.05, 3.63) is 72.0 Å². The van der Waals surface area contributed by atoms with Crippen LogP contribution in [0.4, 0.5) is 11.5 Å². The van der Waals surface area contributed by atoms with Crippen molar-refractivity contribution < 1.29 is 9.47 Å². The molecule has 2 N–H and O–H groups in total.